The number of hydrogen-bond donors (Lipinski definition) is 0. The van der Waals surface area contributed by atoms with Crippen molar-refractivity contribution in [3.63, 3.8) is 0 Å². The van der Waals surface area contributed by atoms with Gasteiger partial charge in [-0.15, -0.1) is 0 Å². The Balaban J connectivity index is 2.91. The molecule has 104 valence electrons. The summed E-state index contributed by atoms with van der Waals surface area (Å²) < 4.78 is 26.2. The van der Waals surface area contributed by atoms with Gasteiger partial charge in [-0.2, -0.15) is 9.57 Å². The van der Waals surface area contributed by atoms with E-state index in [0.717, 1.165) is 6.42 Å². The Morgan fingerprint density at radius 1 is 1.26 bits per heavy atom. The van der Waals surface area contributed by atoms with Crippen molar-refractivity contribution in [2.75, 3.05) is 6.54 Å². The summed E-state index contributed by atoms with van der Waals surface area (Å²) in [6.07, 6.45) is 0.796. The third-order valence-electron chi connectivity index (χ3n) is 2.81. The van der Waals surface area contributed by atoms with Crippen LogP contribution >= 0.6 is 0 Å². The molecule has 0 aliphatic rings. The molecule has 0 heterocycles. The highest BCUT2D eigenvalue weighted by atomic mass is 32.2. The third kappa shape index (κ3) is 4.34. The summed E-state index contributed by atoms with van der Waals surface area (Å²) in [6, 6.07) is 8.66. The van der Waals surface area contributed by atoms with Crippen LogP contribution in [0.1, 0.15) is 38.3 Å². The standard InChI is InChI=1S/C14H20N2O2S/c1-4-9-16(12(2)3)19(17,18)11-14-7-5-13(10-15)6-8-14/h5-8,12H,4,9,11H2,1-3H3. The van der Waals surface area contributed by atoms with E-state index in [2.05, 4.69) is 0 Å². The lowest BCUT2D eigenvalue weighted by atomic mass is 10.2. The minimum atomic E-state index is -3.31. The van der Waals surface area contributed by atoms with E-state index in [4.69, 9.17) is 5.26 Å². The SMILES string of the molecule is CCCN(C(C)C)S(=O)(=O)Cc1ccc(C#N)cc1. The molecule has 0 N–H and O–H groups in total. The topological polar surface area (TPSA) is 61.2 Å². The average molecular weight is 280 g/mol. The first-order chi connectivity index (χ1) is 8.90. The van der Waals surface area contributed by atoms with Crippen LogP contribution in [-0.4, -0.2) is 25.3 Å². The van der Waals surface area contributed by atoms with Crippen molar-refractivity contribution in [2.45, 2.75) is 39.0 Å². The molecule has 0 spiro atoms. The van der Waals surface area contributed by atoms with E-state index in [1.165, 1.54) is 4.31 Å². The van der Waals surface area contributed by atoms with Gasteiger partial charge in [-0.05, 0) is 38.0 Å². The number of benzene rings is 1. The zero-order chi connectivity index (χ0) is 14.5. The van der Waals surface area contributed by atoms with E-state index in [1.54, 1.807) is 24.3 Å². The molecule has 0 atom stereocenters. The number of sulfonamides is 1. The summed E-state index contributed by atoms with van der Waals surface area (Å²) in [5.74, 6) is -0.0170. The van der Waals surface area contributed by atoms with Crippen molar-refractivity contribution < 1.29 is 8.42 Å². The van der Waals surface area contributed by atoms with Crippen LogP contribution < -0.4 is 0 Å². The van der Waals surface area contributed by atoms with Crippen LogP contribution in [0.15, 0.2) is 24.3 Å². The zero-order valence-corrected chi connectivity index (χ0v) is 12.4. The maximum atomic E-state index is 12.3. The average Bonchev–Trinajstić information content (AvgIpc) is 2.35. The van der Waals surface area contributed by atoms with Crippen LogP contribution in [0, 0.1) is 11.3 Å². The highest BCUT2D eigenvalue weighted by Crippen LogP contribution is 2.15. The fourth-order valence-corrected chi connectivity index (χ4v) is 3.79. The molecule has 4 nitrogen and oxygen atoms in total. The van der Waals surface area contributed by atoms with Crippen molar-refractivity contribution in [1.29, 1.82) is 5.26 Å². The molecule has 0 aliphatic heterocycles. The fourth-order valence-electron chi connectivity index (χ4n) is 1.91. The summed E-state index contributed by atoms with van der Waals surface area (Å²) in [4.78, 5) is 0. The van der Waals surface area contributed by atoms with E-state index in [0.29, 0.717) is 17.7 Å². The Hall–Kier alpha value is -1.38. The maximum Gasteiger partial charge on any atom is 0.218 e. The van der Waals surface area contributed by atoms with Crippen LogP contribution in [0.3, 0.4) is 0 Å². The van der Waals surface area contributed by atoms with Gasteiger partial charge < -0.3 is 0 Å². The van der Waals surface area contributed by atoms with E-state index in [-0.39, 0.29) is 11.8 Å². The van der Waals surface area contributed by atoms with Gasteiger partial charge in [0.15, 0.2) is 0 Å². The molecule has 5 heteroatoms. The van der Waals surface area contributed by atoms with Crippen LogP contribution in [0.2, 0.25) is 0 Å². The van der Waals surface area contributed by atoms with Crippen molar-refractivity contribution in [1.82, 2.24) is 4.31 Å². The lowest BCUT2D eigenvalue weighted by molar-refractivity contribution is 0.353. The molecule has 0 bridgehead atoms. The van der Waals surface area contributed by atoms with Gasteiger partial charge in [-0.1, -0.05) is 19.1 Å². The molecule has 0 aromatic heterocycles. The normalized spacial score (nSPS) is 11.8. The summed E-state index contributed by atoms with van der Waals surface area (Å²) in [6.45, 7) is 6.26. The minimum Gasteiger partial charge on any atom is -0.212 e. The van der Waals surface area contributed by atoms with E-state index >= 15 is 0 Å². The van der Waals surface area contributed by atoms with E-state index < -0.39 is 10.0 Å². The summed E-state index contributed by atoms with van der Waals surface area (Å²) >= 11 is 0. The van der Waals surface area contributed by atoms with Gasteiger partial charge in [-0.3, -0.25) is 0 Å². The molecule has 1 rings (SSSR count). The van der Waals surface area contributed by atoms with Gasteiger partial charge in [0.2, 0.25) is 10.0 Å². The lowest BCUT2D eigenvalue weighted by Crippen LogP contribution is -2.38. The summed E-state index contributed by atoms with van der Waals surface area (Å²) in [5.41, 5.74) is 1.25. The Kier molecular flexibility index (Phi) is 5.52. The van der Waals surface area contributed by atoms with Crippen LogP contribution in [0.25, 0.3) is 0 Å². The first kappa shape index (κ1) is 15.7. The molecule has 0 aliphatic carbocycles. The molecule has 0 amide bonds. The Bertz CT molecular complexity index is 542. The number of nitriles is 1. The first-order valence-electron chi connectivity index (χ1n) is 6.39. The van der Waals surface area contributed by atoms with Crippen molar-refractivity contribution >= 4 is 10.0 Å². The third-order valence-corrected chi connectivity index (χ3v) is 4.83. The number of hydrogen-bond acceptors (Lipinski definition) is 3. The molecule has 19 heavy (non-hydrogen) atoms. The second kappa shape index (κ2) is 6.69. The second-order valence-electron chi connectivity index (χ2n) is 4.77. The Morgan fingerprint density at radius 2 is 1.84 bits per heavy atom. The second-order valence-corrected chi connectivity index (χ2v) is 6.69. The largest absolute Gasteiger partial charge is 0.218 e. The lowest BCUT2D eigenvalue weighted by Gasteiger charge is -2.25. The van der Waals surface area contributed by atoms with Gasteiger partial charge in [0, 0.05) is 12.6 Å². The van der Waals surface area contributed by atoms with Crippen LogP contribution in [0.5, 0.6) is 0 Å². The van der Waals surface area contributed by atoms with Gasteiger partial charge in [0.25, 0.3) is 0 Å². The van der Waals surface area contributed by atoms with Crippen molar-refractivity contribution in [3.8, 4) is 6.07 Å². The van der Waals surface area contributed by atoms with Gasteiger partial charge in [0.1, 0.15) is 0 Å². The molecule has 0 saturated heterocycles. The van der Waals surface area contributed by atoms with Gasteiger partial charge in [-0.25, -0.2) is 8.42 Å². The van der Waals surface area contributed by atoms with E-state index in [1.807, 2.05) is 26.8 Å². The smallest absolute Gasteiger partial charge is 0.212 e. The Labute approximate surface area is 115 Å². The molecule has 1 aromatic carbocycles. The van der Waals surface area contributed by atoms with Crippen molar-refractivity contribution in [3.05, 3.63) is 35.4 Å². The quantitative estimate of drug-likeness (QED) is 0.804. The molecule has 0 radical (unpaired) electrons. The summed E-state index contributed by atoms with van der Waals surface area (Å²) in [5, 5.41) is 8.72. The predicted molar refractivity (Wildman–Crippen MR) is 75.9 cm³/mol. The predicted octanol–water partition coefficient (Wildman–Crippen LogP) is 2.51. The monoisotopic (exact) mass is 280 g/mol. The highest BCUT2D eigenvalue weighted by molar-refractivity contribution is 7.88. The molecular formula is C14H20N2O2S. The van der Waals surface area contributed by atoms with Crippen molar-refractivity contribution in [2.24, 2.45) is 0 Å². The molecule has 0 unspecified atom stereocenters. The number of rotatable bonds is 6. The zero-order valence-electron chi connectivity index (χ0n) is 11.6. The molecule has 0 saturated carbocycles. The first-order valence-corrected chi connectivity index (χ1v) is 8.00. The minimum absolute atomic E-state index is 0.0170. The summed E-state index contributed by atoms with van der Waals surface area (Å²) in [7, 11) is -3.31. The van der Waals surface area contributed by atoms with Crippen LogP contribution in [-0.2, 0) is 15.8 Å². The molecule has 0 fully saturated rings. The van der Waals surface area contributed by atoms with E-state index in [9.17, 15) is 8.42 Å². The highest BCUT2D eigenvalue weighted by Gasteiger charge is 2.24. The Morgan fingerprint density at radius 3 is 2.26 bits per heavy atom. The maximum absolute atomic E-state index is 12.3. The molecule has 1 aromatic rings. The van der Waals surface area contributed by atoms with Gasteiger partial charge in [0.05, 0.1) is 17.4 Å². The van der Waals surface area contributed by atoms with Crippen LogP contribution in [0.4, 0.5) is 0 Å². The fraction of sp³-hybridized carbons (Fsp3) is 0.500. The molecular weight excluding hydrogens is 260 g/mol. The number of nitrogens with zero attached hydrogens (tertiary/aromatic N) is 2. The van der Waals surface area contributed by atoms with Gasteiger partial charge >= 0.3 is 0 Å².